The molecule has 0 radical (unpaired) electrons. The van der Waals surface area contributed by atoms with Crippen LogP contribution in [0.25, 0.3) is 0 Å². The van der Waals surface area contributed by atoms with E-state index in [2.05, 4.69) is 15.1 Å². The van der Waals surface area contributed by atoms with Crippen LogP contribution in [0.4, 0.5) is 10.1 Å². The van der Waals surface area contributed by atoms with Gasteiger partial charge in [-0.1, -0.05) is 0 Å². The lowest BCUT2D eigenvalue weighted by molar-refractivity contribution is 0.0845. The molecule has 2 heterocycles. The monoisotopic (exact) mass is 474 g/mol. The fourth-order valence-electron chi connectivity index (χ4n) is 4.21. The Bertz CT molecular complexity index is 1160. The number of fused-ring (bicyclic) bond motifs is 1. The molecule has 2 amide bonds. The van der Waals surface area contributed by atoms with Crippen LogP contribution in [0.2, 0.25) is 0 Å². The van der Waals surface area contributed by atoms with Gasteiger partial charge < -0.3 is 10.2 Å². The first-order valence-electron chi connectivity index (χ1n) is 10.9. The van der Waals surface area contributed by atoms with Gasteiger partial charge in [0.2, 0.25) is 0 Å². The highest BCUT2D eigenvalue weighted by atomic mass is 32.2. The van der Waals surface area contributed by atoms with E-state index in [9.17, 15) is 22.4 Å². The molecule has 4 rings (SSSR count). The predicted octanol–water partition coefficient (Wildman–Crippen LogP) is 1.93. The Kier molecular flexibility index (Phi) is 6.40. The van der Waals surface area contributed by atoms with E-state index in [1.807, 2.05) is 0 Å². The van der Waals surface area contributed by atoms with Crippen molar-refractivity contribution in [2.24, 2.45) is 0 Å². The van der Waals surface area contributed by atoms with Crippen molar-refractivity contribution >= 4 is 27.5 Å². The van der Waals surface area contributed by atoms with E-state index in [4.69, 9.17) is 0 Å². The van der Waals surface area contributed by atoms with Crippen molar-refractivity contribution in [2.45, 2.75) is 24.8 Å². The molecule has 10 heteroatoms. The summed E-state index contributed by atoms with van der Waals surface area (Å²) in [6.07, 6.45) is 0. The van der Waals surface area contributed by atoms with E-state index in [0.717, 1.165) is 36.2 Å². The standard InChI is InChI=1S/C23H27FN4O4S/c1-16(2)28-23(30)20-8-3-17(15-21(20)33(28,31)32)22(29)25-9-10-26-11-13-27(14-12-26)19-6-4-18(24)5-7-19/h3-8,15-16H,9-14H2,1-2H3,(H,25,29). The van der Waals surface area contributed by atoms with Crippen molar-refractivity contribution in [1.82, 2.24) is 14.5 Å². The number of sulfonamides is 1. The van der Waals surface area contributed by atoms with Crippen molar-refractivity contribution in [3.05, 3.63) is 59.4 Å². The molecular weight excluding hydrogens is 447 g/mol. The van der Waals surface area contributed by atoms with Gasteiger partial charge in [-0.3, -0.25) is 14.5 Å². The fraction of sp³-hybridized carbons (Fsp3) is 0.391. The van der Waals surface area contributed by atoms with Crippen LogP contribution in [0.15, 0.2) is 47.4 Å². The summed E-state index contributed by atoms with van der Waals surface area (Å²) < 4.78 is 39.4. The topological polar surface area (TPSA) is 90.0 Å². The lowest BCUT2D eigenvalue weighted by atomic mass is 10.1. The lowest BCUT2D eigenvalue weighted by Gasteiger charge is -2.36. The molecule has 0 spiro atoms. The number of carbonyl (C=O) groups is 2. The molecule has 2 aromatic rings. The molecular formula is C23H27FN4O4S. The minimum absolute atomic E-state index is 0.0966. The number of anilines is 1. The van der Waals surface area contributed by atoms with Crippen molar-refractivity contribution in [1.29, 1.82) is 0 Å². The minimum atomic E-state index is -3.95. The van der Waals surface area contributed by atoms with Gasteiger partial charge in [0, 0.05) is 56.6 Å². The number of amides is 2. The second-order valence-electron chi connectivity index (χ2n) is 8.47. The van der Waals surface area contributed by atoms with Crippen molar-refractivity contribution in [2.75, 3.05) is 44.2 Å². The summed E-state index contributed by atoms with van der Waals surface area (Å²) in [6.45, 7) is 7.59. The van der Waals surface area contributed by atoms with Crippen LogP contribution in [-0.2, 0) is 10.0 Å². The van der Waals surface area contributed by atoms with Crippen molar-refractivity contribution < 1.29 is 22.4 Å². The highest BCUT2D eigenvalue weighted by Crippen LogP contribution is 2.32. The molecule has 2 aliphatic rings. The zero-order valence-electron chi connectivity index (χ0n) is 18.6. The van der Waals surface area contributed by atoms with Crippen LogP contribution in [0.1, 0.15) is 34.6 Å². The van der Waals surface area contributed by atoms with E-state index in [1.165, 1.54) is 30.3 Å². The summed E-state index contributed by atoms with van der Waals surface area (Å²) in [5.74, 6) is -1.20. The second-order valence-corrected chi connectivity index (χ2v) is 10.3. The highest BCUT2D eigenvalue weighted by Gasteiger charge is 2.42. The first-order valence-corrected chi connectivity index (χ1v) is 12.4. The van der Waals surface area contributed by atoms with E-state index < -0.39 is 22.0 Å². The average molecular weight is 475 g/mol. The van der Waals surface area contributed by atoms with Gasteiger partial charge in [-0.15, -0.1) is 0 Å². The summed E-state index contributed by atoms with van der Waals surface area (Å²) in [4.78, 5) is 29.3. The number of nitrogens with one attached hydrogen (secondary N) is 1. The predicted molar refractivity (Wildman–Crippen MR) is 122 cm³/mol. The van der Waals surface area contributed by atoms with E-state index in [1.54, 1.807) is 26.0 Å². The van der Waals surface area contributed by atoms with Crippen molar-refractivity contribution in [3.63, 3.8) is 0 Å². The zero-order valence-corrected chi connectivity index (χ0v) is 19.4. The van der Waals surface area contributed by atoms with Gasteiger partial charge in [0.25, 0.3) is 21.8 Å². The lowest BCUT2D eigenvalue weighted by Crippen LogP contribution is -2.48. The van der Waals surface area contributed by atoms with Gasteiger partial charge in [0.15, 0.2) is 0 Å². The molecule has 1 N–H and O–H groups in total. The molecule has 0 saturated carbocycles. The maximum atomic E-state index is 13.1. The zero-order chi connectivity index (χ0) is 23.8. The fourth-order valence-corrected chi connectivity index (χ4v) is 6.00. The Labute approximate surface area is 193 Å². The van der Waals surface area contributed by atoms with Crippen LogP contribution in [0, 0.1) is 5.82 Å². The molecule has 0 unspecified atom stereocenters. The third-order valence-corrected chi connectivity index (χ3v) is 7.96. The number of carbonyl (C=O) groups excluding carboxylic acids is 2. The van der Waals surface area contributed by atoms with E-state index >= 15 is 0 Å². The number of hydrogen-bond donors (Lipinski definition) is 1. The molecule has 0 aliphatic carbocycles. The van der Waals surface area contributed by atoms with Gasteiger partial charge in [0.05, 0.1) is 5.56 Å². The Morgan fingerprint density at radius 3 is 2.36 bits per heavy atom. The average Bonchev–Trinajstić information content (AvgIpc) is 2.99. The Balaban J connectivity index is 1.31. The number of nitrogens with zero attached hydrogens (tertiary/aromatic N) is 3. The van der Waals surface area contributed by atoms with Gasteiger partial charge >= 0.3 is 0 Å². The first-order chi connectivity index (χ1) is 15.7. The summed E-state index contributed by atoms with van der Waals surface area (Å²) >= 11 is 0. The summed E-state index contributed by atoms with van der Waals surface area (Å²) in [5.41, 5.74) is 1.29. The maximum absolute atomic E-state index is 13.1. The third-order valence-electron chi connectivity index (χ3n) is 5.96. The molecule has 2 aromatic carbocycles. The Morgan fingerprint density at radius 1 is 1.06 bits per heavy atom. The molecule has 8 nitrogen and oxygen atoms in total. The van der Waals surface area contributed by atoms with Crippen molar-refractivity contribution in [3.8, 4) is 0 Å². The number of hydrogen-bond acceptors (Lipinski definition) is 6. The number of halogens is 1. The quantitative estimate of drug-likeness (QED) is 0.688. The molecule has 1 saturated heterocycles. The van der Waals surface area contributed by atoms with E-state index in [-0.39, 0.29) is 27.7 Å². The van der Waals surface area contributed by atoms with E-state index in [0.29, 0.717) is 13.1 Å². The normalized spacial score (nSPS) is 18.0. The van der Waals surface area contributed by atoms with Gasteiger partial charge in [-0.2, -0.15) is 0 Å². The number of benzene rings is 2. The van der Waals surface area contributed by atoms with Crippen LogP contribution in [-0.4, -0.2) is 74.7 Å². The molecule has 2 aliphatic heterocycles. The third kappa shape index (κ3) is 4.58. The minimum Gasteiger partial charge on any atom is -0.369 e. The molecule has 33 heavy (non-hydrogen) atoms. The molecule has 0 aromatic heterocycles. The van der Waals surface area contributed by atoms with Crippen LogP contribution < -0.4 is 10.2 Å². The Hall–Kier alpha value is -2.98. The largest absolute Gasteiger partial charge is 0.369 e. The van der Waals surface area contributed by atoms with Gasteiger partial charge in [-0.05, 0) is 56.3 Å². The summed E-state index contributed by atoms with van der Waals surface area (Å²) in [7, 11) is -3.95. The van der Waals surface area contributed by atoms with Gasteiger partial charge in [0.1, 0.15) is 10.7 Å². The number of rotatable bonds is 6. The van der Waals surface area contributed by atoms with Crippen LogP contribution in [0.5, 0.6) is 0 Å². The second kappa shape index (κ2) is 9.11. The Morgan fingerprint density at radius 2 is 1.73 bits per heavy atom. The van der Waals surface area contributed by atoms with Gasteiger partial charge in [-0.25, -0.2) is 17.1 Å². The highest BCUT2D eigenvalue weighted by molar-refractivity contribution is 7.90. The molecule has 0 bridgehead atoms. The summed E-state index contributed by atoms with van der Waals surface area (Å²) in [5, 5.41) is 2.83. The summed E-state index contributed by atoms with van der Waals surface area (Å²) in [6, 6.07) is 10.1. The maximum Gasteiger partial charge on any atom is 0.269 e. The molecule has 176 valence electrons. The molecule has 0 atom stereocenters. The van der Waals surface area contributed by atoms with Crippen LogP contribution >= 0.6 is 0 Å². The number of piperazine rings is 1. The smallest absolute Gasteiger partial charge is 0.269 e. The molecule has 1 fully saturated rings. The SMILES string of the molecule is CC(C)N1C(=O)c2ccc(C(=O)NCCN3CCN(c4ccc(F)cc4)CC3)cc2S1(=O)=O. The van der Waals surface area contributed by atoms with Crippen LogP contribution in [0.3, 0.4) is 0 Å². The first kappa shape index (κ1) is 23.2.